The van der Waals surface area contributed by atoms with Gasteiger partial charge < -0.3 is 9.53 Å². The van der Waals surface area contributed by atoms with Crippen molar-refractivity contribution < 1.29 is 14.3 Å². The second-order valence-electron chi connectivity index (χ2n) is 1.45. The van der Waals surface area contributed by atoms with Gasteiger partial charge in [-0.3, -0.25) is 4.79 Å². The molecule has 0 spiro atoms. The van der Waals surface area contributed by atoms with Crippen LogP contribution in [0.4, 0.5) is 0 Å². The molecule has 0 atom stereocenters. The first-order chi connectivity index (χ1) is 4.16. The number of ether oxygens (including phenoxy) is 1. The van der Waals surface area contributed by atoms with Crippen molar-refractivity contribution in [2.45, 2.75) is 13.3 Å². The van der Waals surface area contributed by atoms with E-state index >= 15 is 0 Å². The van der Waals surface area contributed by atoms with Crippen LogP contribution in [-0.4, -0.2) is 26.1 Å². The van der Waals surface area contributed by atoms with E-state index in [-0.39, 0.29) is 13.0 Å². The standard InChI is InChI=1S/C5H7BO3/c1-2-9-5(8)3-4(6)7/h2-3H2,1H3. The molecule has 0 N–H and O–H groups in total. The van der Waals surface area contributed by atoms with Crippen LogP contribution < -0.4 is 0 Å². The number of esters is 1. The van der Waals surface area contributed by atoms with Gasteiger partial charge in [-0.25, -0.2) is 0 Å². The van der Waals surface area contributed by atoms with Gasteiger partial charge in [-0.15, -0.1) is 0 Å². The molecule has 48 valence electrons. The molecule has 0 unspecified atom stereocenters. The molecule has 0 aromatic carbocycles. The van der Waals surface area contributed by atoms with Crippen molar-refractivity contribution >= 4 is 19.5 Å². The Bertz CT molecular complexity index is 121. The van der Waals surface area contributed by atoms with Gasteiger partial charge in [0.2, 0.25) is 0 Å². The van der Waals surface area contributed by atoms with Crippen LogP contribution in [-0.2, 0) is 14.3 Å². The smallest absolute Gasteiger partial charge is 0.312 e. The SMILES string of the molecule is [B]C(=O)CC(=O)OCC. The van der Waals surface area contributed by atoms with Crippen LogP contribution in [0.1, 0.15) is 13.3 Å². The zero-order valence-corrected chi connectivity index (χ0v) is 5.22. The first-order valence-corrected chi connectivity index (χ1v) is 2.60. The normalized spacial score (nSPS) is 8.56. The summed E-state index contributed by atoms with van der Waals surface area (Å²) >= 11 is 0. The molecule has 0 aliphatic rings. The Morgan fingerprint density at radius 3 is 2.44 bits per heavy atom. The number of rotatable bonds is 3. The molecule has 0 amide bonds. The fraction of sp³-hybridized carbons (Fsp3) is 0.600. The molecule has 9 heavy (non-hydrogen) atoms. The highest BCUT2D eigenvalue weighted by atomic mass is 16.5. The third kappa shape index (κ3) is 5.07. The molecular formula is C5H7BO3. The van der Waals surface area contributed by atoms with Gasteiger partial charge in [0.15, 0.2) is 7.85 Å². The van der Waals surface area contributed by atoms with E-state index in [4.69, 9.17) is 0 Å². The van der Waals surface area contributed by atoms with Gasteiger partial charge in [0.25, 0.3) is 0 Å². The predicted octanol–water partition coefficient (Wildman–Crippen LogP) is -0.365. The monoisotopic (exact) mass is 126 g/mol. The Hall–Kier alpha value is -0.795. The molecular weight excluding hydrogens is 119 g/mol. The average Bonchev–Trinajstić information content (AvgIpc) is 1.63. The molecule has 0 aromatic rings. The van der Waals surface area contributed by atoms with E-state index in [1.807, 2.05) is 0 Å². The molecule has 0 aromatic heterocycles. The van der Waals surface area contributed by atoms with Gasteiger partial charge in [0, 0.05) is 0 Å². The lowest BCUT2D eigenvalue weighted by molar-refractivity contribution is -0.144. The van der Waals surface area contributed by atoms with Gasteiger partial charge >= 0.3 is 5.97 Å². The Labute approximate surface area is 54.8 Å². The Morgan fingerprint density at radius 2 is 2.11 bits per heavy atom. The minimum Gasteiger partial charge on any atom is -0.466 e. The van der Waals surface area contributed by atoms with Gasteiger partial charge in [-0.05, 0) is 6.92 Å². The minimum atomic E-state index is -0.659. The lowest BCUT2D eigenvalue weighted by Gasteiger charge is -1.96. The maximum atomic E-state index is 10.3. The molecule has 0 saturated heterocycles. The fourth-order valence-corrected chi connectivity index (χ4v) is 0.354. The lowest BCUT2D eigenvalue weighted by atomic mass is 10.0. The second-order valence-corrected chi connectivity index (χ2v) is 1.45. The van der Waals surface area contributed by atoms with Crippen molar-refractivity contribution in [3.05, 3.63) is 0 Å². The highest BCUT2D eigenvalue weighted by Crippen LogP contribution is 1.83. The van der Waals surface area contributed by atoms with Crippen molar-refractivity contribution in [3.8, 4) is 0 Å². The first kappa shape index (κ1) is 8.20. The van der Waals surface area contributed by atoms with Crippen LogP contribution in [0.2, 0.25) is 0 Å². The minimum absolute atomic E-state index is 0.284. The summed E-state index contributed by atoms with van der Waals surface area (Å²) in [4.78, 5) is 20.3. The fourth-order valence-electron chi connectivity index (χ4n) is 0.354. The summed E-state index contributed by atoms with van der Waals surface area (Å²) in [7, 11) is 4.68. The molecule has 0 rings (SSSR count). The van der Waals surface area contributed by atoms with E-state index in [9.17, 15) is 9.59 Å². The molecule has 0 bridgehead atoms. The summed E-state index contributed by atoms with van der Waals surface area (Å²) in [6.45, 7) is 1.95. The Balaban J connectivity index is 3.39. The molecule has 0 aliphatic carbocycles. The van der Waals surface area contributed by atoms with Gasteiger partial charge in [0.1, 0.15) is 0 Å². The van der Waals surface area contributed by atoms with E-state index < -0.39 is 11.7 Å². The molecule has 4 heteroatoms. The van der Waals surface area contributed by atoms with Crippen LogP contribution in [0.15, 0.2) is 0 Å². The van der Waals surface area contributed by atoms with E-state index in [0.717, 1.165) is 0 Å². The molecule has 0 saturated carbocycles. The van der Waals surface area contributed by atoms with Crippen LogP contribution in [0.5, 0.6) is 0 Å². The van der Waals surface area contributed by atoms with Crippen LogP contribution in [0.25, 0.3) is 0 Å². The van der Waals surface area contributed by atoms with E-state index in [0.29, 0.717) is 0 Å². The van der Waals surface area contributed by atoms with Crippen molar-refractivity contribution in [2.75, 3.05) is 6.61 Å². The van der Waals surface area contributed by atoms with E-state index in [2.05, 4.69) is 12.6 Å². The van der Waals surface area contributed by atoms with Crippen molar-refractivity contribution in [1.29, 1.82) is 0 Å². The van der Waals surface area contributed by atoms with Crippen molar-refractivity contribution in [3.63, 3.8) is 0 Å². The number of carbonyl (C=O) groups is 2. The van der Waals surface area contributed by atoms with Gasteiger partial charge in [-0.2, -0.15) is 0 Å². The van der Waals surface area contributed by atoms with Gasteiger partial charge in [-0.1, -0.05) is 0 Å². The van der Waals surface area contributed by atoms with Crippen LogP contribution in [0.3, 0.4) is 0 Å². The molecule has 0 fully saturated rings. The third-order valence-electron chi connectivity index (χ3n) is 0.624. The summed E-state index contributed by atoms with van der Waals surface area (Å²) in [5.41, 5.74) is -0.659. The van der Waals surface area contributed by atoms with Crippen LogP contribution in [0, 0.1) is 0 Å². The quantitative estimate of drug-likeness (QED) is 0.294. The second kappa shape index (κ2) is 4.12. The summed E-state index contributed by atoms with van der Waals surface area (Å²) in [5.74, 6) is -0.565. The zero-order chi connectivity index (χ0) is 7.28. The number of hydrogen-bond acceptors (Lipinski definition) is 3. The van der Waals surface area contributed by atoms with Crippen molar-refractivity contribution in [2.24, 2.45) is 0 Å². The highest BCUT2D eigenvalue weighted by molar-refractivity contribution is 6.59. The van der Waals surface area contributed by atoms with E-state index in [1.165, 1.54) is 0 Å². The molecule has 0 heterocycles. The largest absolute Gasteiger partial charge is 0.466 e. The molecule has 2 radical (unpaired) electrons. The summed E-state index contributed by atoms with van der Waals surface area (Å²) in [6.07, 6.45) is -0.326. The Kier molecular flexibility index (Phi) is 3.76. The van der Waals surface area contributed by atoms with Crippen molar-refractivity contribution in [1.82, 2.24) is 0 Å². The highest BCUT2D eigenvalue weighted by Gasteiger charge is 2.02. The Morgan fingerprint density at radius 1 is 1.56 bits per heavy atom. The summed E-state index contributed by atoms with van der Waals surface area (Å²) in [6, 6.07) is 0. The molecule has 0 aliphatic heterocycles. The number of hydrogen-bond donors (Lipinski definition) is 0. The maximum absolute atomic E-state index is 10.3. The van der Waals surface area contributed by atoms with Gasteiger partial charge in [0.05, 0.1) is 18.7 Å². The average molecular weight is 126 g/mol. The predicted molar refractivity (Wildman–Crippen MR) is 32.0 cm³/mol. The maximum Gasteiger partial charge on any atom is 0.312 e. The number of carbonyl (C=O) groups excluding carboxylic acids is 2. The van der Waals surface area contributed by atoms with Crippen LogP contribution >= 0.6 is 0 Å². The summed E-state index contributed by atoms with van der Waals surface area (Å²) < 4.78 is 4.41. The topological polar surface area (TPSA) is 43.4 Å². The zero-order valence-electron chi connectivity index (χ0n) is 5.22. The third-order valence-corrected chi connectivity index (χ3v) is 0.624. The molecule has 3 nitrogen and oxygen atoms in total. The summed E-state index contributed by atoms with van der Waals surface area (Å²) in [5, 5.41) is 0. The van der Waals surface area contributed by atoms with E-state index in [1.54, 1.807) is 6.92 Å². The lowest BCUT2D eigenvalue weighted by Crippen LogP contribution is -2.10. The first-order valence-electron chi connectivity index (χ1n) is 2.60.